The molecule has 416 valence electrons. The third kappa shape index (κ3) is 51.8. The quantitative estimate of drug-likeness (QED) is 0.0197. The number of carbonyl (C=O) groups is 3. The summed E-state index contributed by atoms with van der Waals surface area (Å²) in [5.74, 6) is -1.51. The summed E-state index contributed by atoms with van der Waals surface area (Å²) in [7, 11) is -4.76. The van der Waals surface area contributed by atoms with Crippen molar-refractivity contribution in [3.8, 4) is 0 Å². The van der Waals surface area contributed by atoms with Gasteiger partial charge in [-0.05, 0) is 83.5 Å². The number of phosphoric ester groups is 1. The van der Waals surface area contributed by atoms with Crippen LogP contribution in [0.4, 0.5) is 0 Å². The fraction of sp³-hybridized carbons (Fsp3) is 0.750. The predicted molar refractivity (Wildman–Crippen MR) is 298 cm³/mol. The summed E-state index contributed by atoms with van der Waals surface area (Å²) in [4.78, 5) is 48.5. The van der Waals surface area contributed by atoms with Gasteiger partial charge in [-0.15, -0.1) is 0 Å². The summed E-state index contributed by atoms with van der Waals surface area (Å²) in [6.07, 6.45) is 60.1. The van der Waals surface area contributed by atoms with Gasteiger partial charge in [-0.2, -0.15) is 0 Å². The molecule has 0 rings (SSSR count). The van der Waals surface area contributed by atoms with Crippen LogP contribution in [-0.2, 0) is 42.2 Å². The second kappa shape index (κ2) is 54.2. The molecule has 0 saturated carbocycles. The first-order valence-corrected chi connectivity index (χ1v) is 30.3. The molecule has 0 aliphatic heterocycles. The maximum absolute atomic E-state index is 12.9. The summed E-state index contributed by atoms with van der Waals surface area (Å²) < 4.78 is 39.5. The Kier molecular flexibility index (Phi) is 51.9. The Morgan fingerprint density at radius 2 is 0.736 bits per heavy atom. The van der Waals surface area contributed by atoms with E-state index in [1.54, 1.807) is 0 Å². The molecule has 0 amide bonds. The molecule has 0 aromatic rings. The number of allylic oxidation sites excluding steroid dienone is 12. The van der Waals surface area contributed by atoms with Crippen LogP contribution in [0, 0.1) is 0 Å². The van der Waals surface area contributed by atoms with E-state index in [9.17, 15) is 28.9 Å². The van der Waals surface area contributed by atoms with Gasteiger partial charge >= 0.3 is 25.7 Å². The van der Waals surface area contributed by atoms with Gasteiger partial charge in [-0.1, -0.05) is 222 Å². The van der Waals surface area contributed by atoms with Gasteiger partial charge in [0.05, 0.1) is 19.8 Å². The molecule has 0 saturated heterocycles. The Labute approximate surface area is 439 Å². The van der Waals surface area contributed by atoms with Crippen LogP contribution in [0.25, 0.3) is 0 Å². The summed E-state index contributed by atoms with van der Waals surface area (Å²) >= 11 is 0. The van der Waals surface area contributed by atoms with E-state index in [1.165, 1.54) is 83.5 Å². The second-order valence-electron chi connectivity index (χ2n) is 19.1. The molecule has 3 atom stereocenters. The fourth-order valence-electron chi connectivity index (χ4n) is 7.72. The van der Waals surface area contributed by atoms with Crippen LogP contribution in [0.15, 0.2) is 72.9 Å². The molecule has 0 aliphatic rings. The highest BCUT2D eigenvalue weighted by atomic mass is 31.2. The summed E-state index contributed by atoms with van der Waals surface area (Å²) in [5, 5.41) is 9.79. The largest absolute Gasteiger partial charge is 0.472 e. The number of hydrogen-bond acceptors (Lipinski definition) is 10. The minimum Gasteiger partial charge on any atom is -0.462 e. The Morgan fingerprint density at radius 1 is 0.403 bits per heavy atom. The molecule has 0 aromatic heterocycles. The Morgan fingerprint density at radius 3 is 1.18 bits per heavy atom. The van der Waals surface area contributed by atoms with Crippen molar-refractivity contribution in [2.75, 3.05) is 26.4 Å². The molecular formula is C60H105O11P. The number of hydrogen-bond donors (Lipinski definition) is 2. The van der Waals surface area contributed by atoms with Crippen molar-refractivity contribution in [3.05, 3.63) is 72.9 Å². The van der Waals surface area contributed by atoms with Gasteiger partial charge in [-0.3, -0.25) is 23.4 Å². The van der Waals surface area contributed by atoms with E-state index in [2.05, 4.69) is 93.7 Å². The molecule has 3 unspecified atom stereocenters. The van der Waals surface area contributed by atoms with E-state index in [4.69, 9.17) is 23.3 Å². The van der Waals surface area contributed by atoms with Crippen molar-refractivity contribution in [2.45, 2.75) is 264 Å². The first kappa shape index (κ1) is 68.9. The third-order valence-electron chi connectivity index (χ3n) is 12.1. The standard InChI is InChI=1S/C60H105O11P/c1-4-7-10-13-16-19-22-24-26-27-28-29-31-33-36-39-42-45-48-51-60(64)71-57(53-67-58(62)49-46-43-40-37-35-32-30-25-23-20-17-14-11-8-5-2)55-69-72(65,66)68-54-56(52-61)70-59(63)50-47-44-41-38-34-21-18-15-12-9-6-3/h7,10,15-16,18-19,24,26,28-29,33,36,56-57,61H,4-6,8-9,11-14,17,20-23,25,27,30-32,34-35,37-55H2,1-3H3,(H,65,66)/b10-7-,18-15-,19-16-,26-24-,29-28-,36-33-. The zero-order valence-electron chi connectivity index (χ0n) is 45.9. The number of carbonyl (C=O) groups excluding carboxylic acids is 3. The topological polar surface area (TPSA) is 155 Å². The third-order valence-corrected chi connectivity index (χ3v) is 13.1. The maximum atomic E-state index is 12.9. The predicted octanol–water partition coefficient (Wildman–Crippen LogP) is 16.9. The van der Waals surface area contributed by atoms with Gasteiger partial charge in [0.15, 0.2) is 6.10 Å². The number of ether oxygens (including phenoxy) is 3. The first-order chi connectivity index (χ1) is 35.2. The van der Waals surface area contributed by atoms with Gasteiger partial charge in [0, 0.05) is 19.3 Å². The van der Waals surface area contributed by atoms with E-state index in [-0.39, 0.29) is 25.9 Å². The summed E-state index contributed by atoms with van der Waals surface area (Å²) in [6.45, 7) is 4.46. The van der Waals surface area contributed by atoms with Crippen LogP contribution in [0.1, 0.15) is 252 Å². The lowest BCUT2D eigenvalue weighted by molar-refractivity contribution is -0.161. The second-order valence-corrected chi connectivity index (χ2v) is 20.5. The highest BCUT2D eigenvalue weighted by Crippen LogP contribution is 2.43. The minimum atomic E-state index is -4.76. The van der Waals surface area contributed by atoms with Crippen LogP contribution in [-0.4, -0.2) is 66.5 Å². The molecule has 0 radical (unpaired) electrons. The number of aliphatic hydroxyl groups excluding tert-OH is 1. The molecule has 72 heavy (non-hydrogen) atoms. The molecule has 0 aromatic carbocycles. The van der Waals surface area contributed by atoms with E-state index in [0.717, 1.165) is 109 Å². The lowest BCUT2D eigenvalue weighted by Gasteiger charge is -2.21. The van der Waals surface area contributed by atoms with Crippen LogP contribution in [0.3, 0.4) is 0 Å². The van der Waals surface area contributed by atoms with E-state index in [1.807, 2.05) is 0 Å². The zero-order chi connectivity index (χ0) is 52.7. The number of aliphatic hydroxyl groups is 1. The van der Waals surface area contributed by atoms with Gasteiger partial charge in [0.2, 0.25) is 0 Å². The minimum absolute atomic E-state index is 0.128. The summed E-state index contributed by atoms with van der Waals surface area (Å²) in [6, 6.07) is 0. The molecule has 0 spiro atoms. The molecule has 12 heteroatoms. The average Bonchev–Trinajstić information content (AvgIpc) is 3.37. The van der Waals surface area contributed by atoms with Crippen LogP contribution in [0.2, 0.25) is 0 Å². The van der Waals surface area contributed by atoms with Gasteiger partial charge in [-0.25, -0.2) is 4.57 Å². The van der Waals surface area contributed by atoms with Gasteiger partial charge in [0.1, 0.15) is 12.7 Å². The van der Waals surface area contributed by atoms with E-state index in [0.29, 0.717) is 19.3 Å². The normalized spacial score (nSPS) is 13.9. The Balaban J connectivity index is 4.79. The van der Waals surface area contributed by atoms with Gasteiger partial charge in [0.25, 0.3) is 0 Å². The SMILES string of the molecule is CC/C=C\C/C=C\C/C=C\C/C=C\C/C=C\CCCCCC(=O)OC(COC(=O)CCCCCCCCCCCCCCCCC)COP(=O)(O)OCC(CO)OC(=O)CCCCCCC/C=C\CCCC. The van der Waals surface area contributed by atoms with Crippen molar-refractivity contribution in [1.29, 1.82) is 0 Å². The highest BCUT2D eigenvalue weighted by molar-refractivity contribution is 7.47. The monoisotopic (exact) mass is 1030 g/mol. The fourth-order valence-corrected chi connectivity index (χ4v) is 8.50. The molecule has 0 aliphatic carbocycles. The Bertz CT molecular complexity index is 1490. The average molecular weight is 1030 g/mol. The smallest absolute Gasteiger partial charge is 0.462 e. The van der Waals surface area contributed by atoms with Crippen LogP contribution in [0.5, 0.6) is 0 Å². The number of unbranched alkanes of at least 4 members (excludes halogenated alkanes) is 24. The van der Waals surface area contributed by atoms with E-state index >= 15 is 0 Å². The number of esters is 3. The number of phosphoric acid groups is 1. The molecule has 11 nitrogen and oxygen atoms in total. The Hall–Kier alpha value is -3.08. The molecule has 2 N–H and O–H groups in total. The molecule has 0 bridgehead atoms. The van der Waals surface area contributed by atoms with Crippen molar-refractivity contribution in [1.82, 2.24) is 0 Å². The van der Waals surface area contributed by atoms with Crippen molar-refractivity contribution in [3.63, 3.8) is 0 Å². The molecule has 0 heterocycles. The first-order valence-electron chi connectivity index (χ1n) is 28.8. The lowest BCUT2D eigenvalue weighted by atomic mass is 10.0. The van der Waals surface area contributed by atoms with E-state index < -0.39 is 57.8 Å². The van der Waals surface area contributed by atoms with Crippen molar-refractivity contribution in [2.24, 2.45) is 0 Å². The lowest BCUT2D eigenvalue weighted by Crippen LogP contribution is -2.30. The summed E-state index contributed by atoms with van der Waals surface area (Å²) in [5.41, 5.74) is 0. The zero-order valence-corrected chi connectivity index (χ0v) is 46.8. The number of rotatable bonds is 53. The van der Waals surface area contributed by atoms with Crippen LogP contribution >= 0.6 is 7.82 Å². The highest BCUT2D eigenvalue weighted by Gasteiger charge is 2.28. The van der Waals surface area contributed by atoms with Gasteiger partial charge < -0.3 is 24.2 Å². The maximum Gasteiger partial charge on any atom is 0.472 e. The van der Waals surface area contributed by atoms with Crippen molar-refractivity contribution < 1.29 is 52.2 Å². The molecule has 0 fully saturated rings. The van der Waals surface area contributed by atoms with Crippen molar-refractivity contribution >= 4 is 25.7 Å². The molecular weight excluding hydrogens is 928 g/mol. The van der Waals surface area contributed by atoms with Crippen LogP contribution < -0.4 is 0 Å².